The van der Waals surface area contributed by atoms with Crippen molar-refractivity contribution in [1.29, 1.82) is 5.26 Å². The molecule has 0 radical (unpaired) electrons. The first-order valence-electron chi connectivity index (χ1n) is 5.46. The quantitative estimate of drug-likeness (QED) is 0.833. The van der Waals surface area contributed by atoms with E-state index in [4.69, 9.17) is 5.26 Å². The summed E-state index contributed by atoms with van der Waals surface area (Å²) in [6.07, 6.45) is 0. The average molecular weight is 248 g/mol. The van der Waals surface area contributed by atoms with Crippen LogP contribution in [-0.2, 0) is 4.79 Å². The van der Waals surface area contributed by atoms with E-state index >= 15 is 0 Å². The minimum absolute atomic E-state index is 0.00426. The summed E-state index contributed by atoms with van der Waals surface area (Å²) in [5.41, 5.74) is 1.72. The van der Waals surface area contributed by atoms with Gasteiger partial charge in [-0.2, -0.15) is 5.26 Å². The summed E-state index contributed by atoms with van der Waals surface area (Å²) in [7, 11) is 0. The van der Waals surface area contributed by atoms with E-state index in [0.29, 0.717) is 11.3 Å². The highest BCUT2D eigenvalue weighted by Crippen LogP contribution is 2.23. The Morgan fingerprint density at radius 2 is 2.24 bits per heavy atom. The van der Waals surface area contributed by atoms with Crippen molar-refractivity contribution in [3.8, 4) is 6.07 Å². The van der Waals surface area contributed by atoms with Crippen molar-refractivity contribution < 1.29 is 4.79 Å². The molecule has 1 rings (SSSR count). The minimum Gasteiger partial charge on any atom is -0.353 e. The second-order valence-corrected chi connectivity index (χ2v) is 5.14. The Balaban J connectivity index is 2.66. The van der Waals surface area contributed by atoms with Crippen LogP contribution in [0.3, 0.4) is 0 Å². The predicted octanol–water partition coefficient (Wildman–Crippen LogP) is 2.48. The summed E-state index contributed by atoms with van der Waals surface area (Å²) in [5.74, 6) is 0.339. The molecule has 0 fully saturated rings. The van der Waals surface area contributed by atoms with Gasteiger partial charge in [-0.25, -0.2) is 0 Å². The second kappa shape index (κ2) is 6.31. The zero-order valence-corrected chi connectivity index (χ0v) is 11.1. The lowest BCUT2D eigenvalue weighted by Gasteiger charge is -2.08. The van der Waals surface area contributed by atoms with E-state index in [0.717, 1.165) is 10.5 Å². The van der Waals surface area contributed by atoms with Crippen LogP contribution >= 0.6 is 11.8 Å². The molecule has 0 saturated carbocycles. The van der Waals surface area contributed by atoms with E-state index in [-0.39, 0.29) is 11.9 Å². The van der Waals surface area contributed by atoms with Gasteiger partial charge in [-0.3, -0.25) is 4.79 Å². The molecule has 0 spiro atoms. The molecule has 1 aromatic rings. The number of nitriles is 1. The lowest BCUT2D eigenvalue weighted by Crippen LogP contribution is -2.31. The van der Waals surface area contributed by atoms with Crippen molar-refractivity contribution in [1.82, 2.24) is 5.32 Å². The number of carbonyl (C=O) groups is 1. The Kier molecular flexibility index (Phi) is 5.05. The largest absolute Gasteiger partial charge is 0.353 e. The van der Waals surface area contributed by atoms with Crippen LogP contribution in [0.15, 0.2) is 23.1 Å². The molecule has 0 unspecified atom stereocenters. The summed E-state index contributed by atoms with van der Waals surface area (Å²) in [5, 5.41) is 11.8. The van der Waals surface area contributed by atoms with Crippen molar-refractivity contribution >= 4 is 17.7 Å². The number of nitrogens with zero attached hydrogens (tertiary/aromatic N) is 1. The Morgan fingerprint density at radius 1 is 1.53 bits per heavy atom. The molecule has 0 aliphatic rings. The van der Waals surface area contributed by atoms with Gasteiger partial charge >= 0.3 is 0 Å². The molecule has 1 aromatic carbocycles. The highest BCUT2D eigenvalue weighted by molar-refractivity contribution is 8.00. The van der Waals surface area contributed by atoms with Gasteiger partial charge in [0.1, 0.15) is 6.07 Å². The summed E-state index contributed by atoms with van der Waals surface area (Å²) >= 11 is 1.40. The van der Waals surface area contributed by atoms with E-state index in [1.165, 1.54) is 11.8 Å². The van der Waals surface area contributed by atoms with Gasteiger partial charge in [0, 0.05) is 10.9 Å². The zero-order chi connectivity index (χ0) is 12.8. The maximum Gasteiger partial charge on any atom is 0.230 e. The number of carbonyl (C=O) groups excluding carboxylic acids is 1. The average Bonchev–Trinajstić information content (AvgIpc) is 2.25. The molecular formula is C13H16N2OS. The second-order valence-electron chi connectivity index (χ2n) is 4.12. The van der Waals surface area contributed by atoms with Crippen molar-refractivity contribution in [2.75, 3.05) is 5.75 Å². The monoisotopic (exact) mass is 248 g/mol. The number of hydrogen-bond acceptors (Lipinski definition) is 3. The maximum atomic E-state index is 11.5. The number of benzene rings is 1. The first-order valence-corrected chi connectivity index (χ1v) is 6.44. The van der Waals surface area contributed by atoms with Crippen LogP contribution < -0.4 is 5.32 Å². The molecule has 17 heavy (non-hydrogen) atoms. The number of rotatable bonds is 4. The van der Waals surface area contributed by atoms with E-state index in [1.54, 1.807) is 6.07 Å². The van der Waals surface area contributed by atoms with E-state index in [9.17, 15) is 4.79 Å². The van der Waals surface area contributed by atoms with Crippen molar-refractivity contribution in [3.63, 3.8) is 0 Å². The van der Waals surface area contributed by atoms with Crippen molar-refractivity contribution in [2.45, 2.75) is 31.7 Å². The maximum absolute atomic E-state index is 11.5. The Hall–Kier alpha value is -1.47. The fourth-order valence-electron chi connectivity index (χ4n) is 1.35. The van der Waals surface area contributed by atoms with Crippen LogP contribution in [0.5, 0.6) is 0 Å². The van der Waals surface area contributed by atoms with Crippen LogP contribution in [0.4, 0.5) is 0 Å². The third-order valence-corrected chi connectivity index (χ3v) is 3.12. The normalized spacial score (nSPS) is 10.1. The Bertz CT molecular complexity index is 449. The van der Waals surface area contributed by atoms with Gasteiger partial charge in [0.05, 0.1) is 11.3 Å². The fourth-order valence-corrected chi connectivity index (χ4v) is 2.26. The molecule has 3 nitrogen and oxygen atoms in total. The Morgan fingerprint density at radius 3 is 2.82 bits per heavy atom. The Labute approximate surface area is 106 Å². The molecule has 0 aromatic heterocycles. The van der Waals surface area contributed by atoms with Crippen LogP contribution in [-0.4, -0.2) is 17.7 Å². The molecule has 0 heterocycles. The molecule has 0 atom stereocenters. The van der Waals surface area contributed by atoms with E-state index in [2.05, 4.69) is 11.4 Å². The van der Waals surface area contributed by atoms with Crippen LogP contribution in [0.25, 0.3) is 0 Å². The van der Waals surface area contributed by atoms with Crippen molar-refractivity contribution in [2.24, 2.45) is 0 Å². The molecule has 0 bridgehead atoms. The molecular weight excluding hydrogens is 232 g/mol. The van der Waals surface area contributed by atoms with Gasteiger partial charge in [-0.1, -0.05) is 6.07 Å². The summed E-state index contributed by atoms with van der Waals surface area (Å²) in [6, 6.07) is 7.91. The summed E-state index contributed by atoms with van der Waals surface area (Å²) < 4.78 is 0. The third kappa shape index (κ3) is 4.49. The van der Waals surface area contributed by atoms with Crippen LogP contribution in [0.1, 0.15) is 25.0 Å². The highest BCUT2D eigenvalue weighted by Gasteiger charge is 2.07. The van der Waals surface area contributed by atoms with Crippen LogP contribution in [0, 0.1) is 18.3 Å². The molecule has 90 valence electrons. The highest BCUT2D eigenvalue weighted by atomic mass is 32.2. The third-order valence-electron chi connectivity index (χ3n) is 2.07. The molecule has 1 amide bonds. The standard InChI is InChI=1S/C13H16N2OS/c1-9(2)15-13(16)8-17-12-6-10(3)4-5-11(12)7-14/h4-6,9H,8H2,1-3H3,(H,15,16). The van der Waals surface area contributed by atoms with E-state index < -0.39 is 0 Å². The van der Waals surface area contributed by atoms with Gasteiger partial charge in [0.15, 0.2) is 0 Å². The minimum atomic E-state index is -0.00426. The zero-order valence-electron chi connectivity index (χ0n) is 10.3. The summed E-state index contributed by atoms with van der Waals surface area (Å²) in [4.78, 5) is 12.4. The van der Waals surface area contributed by atoms with Crippen molar-refractivity contribution in [3.05, 3.63) is 29.3 Å². The van der Waals surface area contributed by atoms with Gasteiger partial charge < -0.3 is 5.32 Å². The summed E-state index contributed by atoms with van der Waals surface area (Å²) in [6.45, 7) is 5.82. The van der Waals surface area contributed by atoms with Gasteiger partial charge in [0.2, 0.25) is 5.91 Å². The topological polar surface area (TPSA) is 52.9 Å². The molecule has 0 saturated heterocycles. The molecule has 0 aliphatic carbocycles. The van der Waals surface area contributed by atoms with Gasteiger partial charge in [-0.15, -0.1) is 11.8 Å². The fraction of sp³-hybridized carbons (Fsp3) is 0.385. The lowest BCUT2D eigenvalue weighted by atomic mass is 10.2. The molecule has 4 heteroatoms. The van der Waals surface area contributed by atoms with Crippen LogP contribution in [0.2, 0.25) is 0 Å². The molecule has 0 aliphatic heterocycles. The first-order chi connectivity index (χ1) is 8.02. The van der Waals surface area contributed by atoms with Gasteiger partial charge in [0.25, 0.3) is 0 Å². The predicted molar refractivity (Wildman–Crippen MR) is 69.9 cm³/mol. The SMILES string of the molecule is Cc1ccc(C#N)c(SCC(=O)NC(C)C)c1. The molecule has 1 N–H and O–H groups in total. The van der Waals surface area contributed by atoms with Gasteiger partial charge in [-0.05, 0) is 38.5 Å². The number of thioether (sulfide) groups is 1. The number of nitrogens with one attached hydrogen (secondary N) is 1. The number of amides is 1. The number of hydrogen-bond donors (Lipinski definition) is 1. The van der Waals surface area contributed by atoms with E-state index in [1.807, 2.05) is 32.9 Å². The lowest BCUT2D eigenvalue weighted by molar-refractivity contribution is -0.119. The smallest absolute Gasteiger partial charge is 0.230 e. The number of aryl methyl sites for hydroxylation is 1. The first kappa shape index (κ1) is 13.6.